The van der Waals surface area contributed by atoms with Gasteiger partial charge in [0.1, 0.15) is 12.1 Å². The van der Waals surface area contributed by atoms with Gasteiger partial charge in [-0.3, -0.25) is 15.0 Å². The molecule has 0 radical (unpaired) electrons. The van der Waals surface area contributed by atoms with Crippen LogP contribution < -0.4 is 10.6 Å². The number of anilines is 2. The number of aromatic amines is 1. The third-order valence-corrected chi connectivity index (χ3v) is 3.97. The Morgan fingerprint density at radius 3 is 2.50 bits per heavy atom. The van der Waals surface area contributed by atoms with Crippen molar-refractivity contribution in [2.45, 2.75) is 6.18 Å². The second kappa shape index (κ2) is 6.72. The molecule has 4 rings (SSSR count). The van der Waals surface area contributed by atoms with Crippen molar-refractivity contribution in [3.8, 4) is 5.69 Å². The summed E-state index contributed by atoms with van der Waals surface area (Å²) in [6.45, 7) is 0. The lowest BCUT2D eigenvalue weighted by Gasteiger charge is -2.08. The Morgan fingerprint density at radius 2 is 1.79 bits per heavy atom. The Labute approximate surface area is 156 Å². The largest absolute Gasteiger partial charge is 0.435 e. The molecule has 0 spiro atoms. The highest BCUT2D eigenvalue weighted by Crippen LogP contribution is 2.28. The number of H-pyrrole nitrogens is 1. The van der Waals surface area contributed by atoms with E-state index in [4.69, 9.17) is 0 Å². The van der Waals surface area contributed by atoms with Crippen LogP contribution >= 0.6 is 0 Å². The molecule has 0 saturated carbocycles. The number of hydrogen-bond donors (Lipinski definition) is 3. The zero-order valence-corrected chi connectivity index (χ0v) is 14.2. The summed E-state index contributed by atoms with van der Waals surface area (Å²) < 4.78 is 39.5. The summed E-state index contributed by atoms with van der Waals surface area (Å²) in [7, 11) is 0. The average molecular weight is 386 g/mol. The number of benzene rings is 2. The summed E-state index contributed by atoms with van der Waals surface area (Å²) in [4.78, 5) is 16.3. The molecule has 0 saturated heterocycles. The van der Waals surface area contributed by atoms with Crippen molar-refractivity contribution < 1.29 is 18.0 Å². The highest BCUT2D eigenvalue weighted by molar-refractivity contribution is 5.99. The van der Waals surface area contributed by atoms with Crippen molar-refractivity contribution in [2.75, 3.05) is 10.6 Å². The number of urea groups is 1. The molecule has 0 unspecified atom stereocenters. The second-order valence-electron chi connectivity index (χ2n) is 5.89. The van der Waals surface area contributed by atoms with Crippen LogP contribution in [0, 0.1) is 0 Å². The summed E-state index contributed by atoms with van der Waals surface area (Å²) in [5.74, 6) is -0.161. The minimum Gasteiger partial charge on any atom is -0.308 e. The third kappa shape index (κ3) is 3.52. The predicted molar refractivity (Wildman–Crippen MR) is 97.3 cm³/mol. The van der Waals surface area contributed by atoms with Crippen LogP contribution in [0.2, 0.25) is 0 Å². The molecule has 142 valence electrons. The van der Waals surface area contributed by atoms with Crippen LogP contribution in [0.25, 0.3) is 16.7 Å². The first kappa shape index (κ1) is 17.6. The van der Waals surface area contributed by atoms with Gasteiger partial charge in [-0.2, -0.15) is 18.3 Å². The van der Waals surface area contributed by atoms with Gasteiger partial charge < -0.3 is 5.32 Å². The Morgan fingerprint density at radius 1 is 1.04 bits per heavy atom. The maximum Gasteiger partial charge on any atom is 0.435 e. The summed E-state index contributed by atoms with van der Waals surface area (Å²) >= 11 is 0. The zero-order chi connectivity index (χ0) is 19.7. The Balaban J connectivity index is 1.44. The number of rotatable bonds is 3. The molecule has 10 heteroatoms. The van der Waals surface area contributed by atoms with Crippen LogP contribution in [-0.2, 0) is 6.18 Å². The molecule has 0 aliphatic carbocycles. The van der Waals surface area contributed by atoms with Crippen LogP contribution in [0.4, 0.5) is 29.5 Å². The third-order valence-electron chi connectivity index (χ3n) is 3.97. The van der Waals surface area contributed by atoms with Crippen molar-refractivity contribution in [3.05, 3.63) is 66.6 Å². The van der Waals surface area contributed by atoms with E-state index in [1.165, 1.54) is 0 Å². The van der Waals surface area contributed by atoms with Gasteiger partial charge in [0.25, 0.3) is 0 Å². The van der Waals surface area contributed by atoms with Crippen LogP contribution in [-0.4, -0.2) is 25.8 Å². The first-order valence-corrected chi connectivity index (χ1v) is 8.13. The van der Waals surface area contributed by atoms with Gasteiger partial charge in [-0.15, -0.1) is 0 Å². The number of amides is 2. The SMILES string of the molecule is O=C(Nc1ccc(-n2cnc3ccccc32)cc1)Nc1cc(C(F)(F)F)n[nH]1. The molecule has 2 heterocycles. The first-order valence-electron chi connectivity index (χ1n) is 8.13. The molecule has 0 fully saturated rings. The van der Waals surface area contributed by atoms with Gasteiger partial charge in [0.2, 0.25) is 0 Å². The molecule has 2 aromatic carbocycles. The zero-order valence-electron chi connectivity index (χ0n) is 14.2. The average Bonchev–Trinajstić information content (AvgIpc) is 3.29. The first-order chi connectivity index (χ1) is 13.4. The van der Waals surface area contributed by atoms with Crippen molar-refractivity contribution in [3.63, 3.8) is 0 Å². The number of aromatic nitrogens is 4. The van der Waals surface area contributed by atoms with Crippen LogP contribution in [0.3, 0.4) is 0 Å². The molecule has 3 N–H and O–H groups in total. The lowest BCUT2D eigenvalue weighted by Crippen LogP contribution is -2.19. The molecular formula is C18H13F3N6O. The quantitative estimate of drug-likeness (QED) is 0.487. The monoisotopic (exact) mass is 386 g/mol. The molecule has 0 atom stereocenters. The van der Waals surface area contributed by atoms with Crippen LogP contribution in [0.5, 0.6) is 0 Å². The minimum absolute atomic E-state index is 0.161. The van der Waals surface area contributed by atoms with E-state index in [2.05, 4.69) is 25.8 Å². The second-order valence-corrected chi connectivity index (χ2v) is 5.89. The van der Waals surface area contributed by atoms with Crippen molar-refractivity contribution in [2.24, 2.45) is 0 Å². The molecule has 0 bridgehead atoms. The molecule has 4 aromatic rings. The maximum absolute atomic E-state index is 12.5. The smallest absolute Gasteiger partial charge is 0.308 e. The lowest BCUT2D eigenvalue weighted by atomic mass is 10.2. The van der Waals surface area contributed by atoms with E-state index >= 15 is 0 Å². The maximum atomic E-state index is 12.5. The fourth-order valence-electron chi connectivity index (χ4n) is 2.69. The van der Waals surface area contributed by atoms with E-state index in [9.17, 15) is 18.0 Å². The molecule has 2 amide bonds. The summed E-state index contributed by atoms with van der Waals surface area (Å²) in [5.41, 5.74) is 2.02. The van der Waals surface area contributed by atoms with Gasteiger partial charge in [-0.05, 0) is 36.4 Å². The Hall–Kier alpha value is -3.82. The topological polar surface area (TPSA) is 87.6 Å². The number of para-hydroxylation sites is 2. The van der Waals surface area contributed by atoms with Crippen molar-refractivity contribution >= 4 is 28.6 Å². The van der Waals surface area contributed by atoms with E-state index in [-0.39, 0.29) is 5.82 Å². The molecule has 0 aliphatic heterocycles. The Kier molecular flexibility index (Phi) is 4.22. The predicted octanol–water partition coefficient (Wildman–Crippen LogP) is 4.41. The minimum atomic E-state index is -4.58. The number of fused-ring (bicyclic) bond motifs is 1. The fourth-order valence-corrected chi connectivity index (χ4v) is 2.69. The van der Waals surface area contributed by atoms with Crippen LogP contribution in [0.1, 0.15) is 5.69 Å². The number of carbonyl (C=O) groups excluding carboxylic acids is 1. The van der Waals surface area contributed by atoms with E-state index in [0.29, 0.717) is 11.8 Å². The number of hydrogen-bond acceptors (Lipinski definition) is 3. The molecule has 0 aliphatic rings. The highest BCUT2D eigenvalue weighted by atomic mass is 19.4. The van der Waals surface area contributed by atoms with Crippen molar-refractivity contribution in [1.82, 2.24) is 19.7 Å². The summed E-state index contributed by atoms with van der Waals surface area (Å²) in [6.07, 6.45) is -2.88. The van der Waals surface area contributed by atoms with E-state index in [1.54, 1.807) is 30.6 Å². The normalized spacial score (nSPS) is 11.5. The van der Waals surface area contributed by atoms with Gasteiger partial charge in [-0.1, -0.05) is 12.1 Å². The van der Waals surface area contributed by atoms with Crippen LogP contribution in [0.15, 0.2) is 60.9 Å². The highest BCUT2D eigenvalue weighted by Gasteiger charge is 2.34. The lowest BCUT2D eigenvalue weighted by molar-refractivity contribution is -0.141. The van der Waals surface area contributed by atoms with E-state index in [0.717, 1.165) is 16.7 Å². The van der Waals surface area contributed by atoms with Gasteiger partial charge in [0, 0.05) is 17.4 Å². The summed E-state index contributed by atoms with van der Waals surface area (Å²) in [6, 6.07) is 14.6. The van der Waals surface area contributed by atoms with Crippen molar-refractivity contribution in [1.29, 1.82) is 0 Å². The number of nitrogens with zero attached hydrogens (tertiary/aromatic N) is 3. The molecule has 7 nitrogen and oxygen atoms in total. The van der Waals surface area contributed by atoms with E-state index in [1.807, 2.05) is 28.8 Å². The van der Waals surface area contributed by atoms with Gasteiger partial charge in [0.05, 0.1) is 11.0 Å². The fraction of sp³-hybridized carbons (Fsp3) is 0.0556. The number of alkyl halides is 3. The standard InChI is InChI=1S/C18H13F3N6O/c19-18(20,21)15-9-16(26-25-15)24-17(28)23-11-5-7-12(8-6-11)27-10-22-13-3-1-2-4-14(13)27/h1-10H,(H3,23,24,25,26,28). The van der Waals surface area contributed by atoms with Gasteiger partial charge in [0.15, 0.2) is 5.69 Å². The molecule has 28 heavy (non-hydrogen) atoms. The van der Waals surface area contributed by atoms with Gasteiger partial charge in [-0.25, -0.2) is 9.78 Å². The van der Waals surface area contributed by atoms with Gasteiger partial charge >= 0.3 is 12.2 Å². The molecule has 2 aromatic heterocycles. The molecular weight excluding hydrogens is 373 g/mol. The Bertz CT molecular complexity index is 1130. The number of nitrogens with one attached hydrogen (secondary N) is 3. The summed E-state index contributed by atoms with van der Waals surface area (Å²) in [5, 5.41) is 10.0. The number of carbonyl (C=O) groups is 1. The number of imidazole rings is 1. The number of halogens is 3. The van der Waals surface area contributed by atoms with E-state index < -0.39 is 17.9 Å².